The molecule has 0 atom stereocenters. The molecule has 1 aromatic carbocycles. The average Bonchev–Trinajstić information content (AvgIpc) is 3.16. The van der Waals surface area contributed by atoms with Gasteiger partial charge in [-0.25, -0.2) is 9.98 Å². The van der Waals surface area contributed by atoms with Crippen LogP contribution in [0.15, 0.2) is 47.6 Å². The number of aliphatic imine (C=N–C) groups is 1. The molecule has 7 nitrogen and oxygen atoms in total. The number of guanidine groups is 1. The molecule has 1 aromatic heterocycles. The first kappa shape index (κ1) is 22.9. The van der Waals surface area contributed by atoms with Crippen molar-refractivity contribution < 1.29 is 9.53 Å². The zero-order valence-electron chi connectivity index (χ0n) is 16.9. The van der Waals surface area contributed by atoms with E-state index in [1.807, 2.05) is 48.2 Å². The third-order valence-corrected chi connectivity index (χ3v) is 4.57. The summed E-state index contributed by atoms with van der Waals surface area (Å²) >= 11 is 0. The Bertz CT molecular complexity index is 826. The van der Waals surface area contributed by atoms with Crippen molar-refractivity contribution in [1.29, 1.82) is 0 Å². The summed E-state index contributed by atoms with van der Waals surface area (Å²) in [4.78, 5) is 22.6. The number of pyridine rings is 1. The van der Waals surface area contributed by atoms with Crippen LogP contribution in [0.4, 0.5) is 5.69 Å². The number of hydrogen-bond donors (Lipinski definition) is 2. The Morgan fingerprint density at radius 1 is 1.24 bits per heavy atom. The number of halogens is 1. The summed E-state index contributed by atoms with van der Waals surface area (Å²) < 4.78 is 5.29. The second kappa shape index (κ2) is 11.6. The monoisotopic (exact) mass is 509 g/mol. The van der Waals surface area contributed by atoms with Crippen LogP contribution in [0.25, 0.3) is 0 Å². The SMILES string of the molecule is CCNC(=NCc1ccc(N2CCCC2=O)cc1)NCc1cccnc1OC.I. The zero-order valence-corrected chi connectivity index (χ0v) is 19.2. The van der Waals surface area contributed by atoms with E-state index in [1.54, 1.807) is 13.3 Å². The third kappa shape index (κ3) is 6.31. The van der Waals surface area contributed by atoms with E-state index < -0.39 is 0 Å². The standard InChI is InChI=1S/C21H27N5O2.HI/c1-3-22-21(25-15-17-6-4-12-23-20(17)28-2)24-14-16-8-10-18(11-9-16)26-13-5-7-19(26)27;/h4,6,8-12H,3,5,7,13-15H2,1-2H3,(H2,22,24,25);1H. The molecule has 0 saturated carbocycles. The second-order valence-corrected chi connectivity index (χ2v) is 6.54. The van der Waals surface area contributed by atoms with Gasteiger partial charge < -0.3 is 20.3 Å². The lowest BCUT2D eigenvalue weighted by Gasteiger charge is -2.16. The molecule has 1 saturated heterocycles. The Morgan fingerprint density at radius 3 is 2.69 bits per heavy atom. The summed E-state index contributed by atoms with van der Waals surface area (Å²) in [6, 6.07) is 11.9. The van der Waals surface area contributed by atoms with Crippen molar-refractivity contribution in [3.8, 4) is 5.88 Å². The molecule has 0 unspecified atom stereocenters. The van der Waals surface area contributed by atoms with Crippen LogP contribution in [0.1, 0.15) is 30.9 Å². The van der Waals surface area contributed by atoms with Gasteiger partial charge in [0.05, 0.1) is 13.7 Å². The van der Waals surface area contributed by atoms with Crippen LogP contribution < -0.4 is 20.3 Å². The summed E-state index contributed by atoms with van der Waals surface area (Å²) in [5, 5.41) is 6.56. The van der Waals surface area contributed by atoms with E-state index in [1.165, 1.54) is 0 Å². The van der Waals surface area contributed by atoms with Gasteiger partial charge in [0.15, 0.2) is 5.96 Å². The van der Waals surface area contributed by atoms with Gasteiger partial charge >= 0.3 is 0 Å². The Balaban J connectivity index is 0.00000300. The van der Waals surface area contributed by atoms with E-state index in [-0.39, 0.29) is 29.9 Å². The molecule has 2 heterocycles. The fraction of sp³-hybridized carbons (Fsp3) is 0.381. The molecule has 1 amide bonds. The van der Waals surface area contributed by atoms with E-state index in [0.29, 0.717) is 25.4 Å². The van der Waals surface area contributed by atoms with Crippen molar-refractivity contribution in [2.75, 3.05) is 25.1 Å². The highest BCUT2D eigenvalue weighted by Gasteiger charge is 2.21. The maximum absolute atomic E-state index is 11.9. The molecule has 2 N–H and O–H groups in total. The molecule has 2 aromatic rings. The van der Waals surface area contributed by atoms with Crippen molar-refractivity contribution in [1.82, 2.24) is 15.6 Å². The summed E-state index contributed by atoms with van der Waals surface area (Å²) in [7, 11) is 1.62. The minimum absolute atomic E-state index is 0. The quantitative estimate of drug-likeness (QED) is 0.341. The third-order valence-electron chi connectivity index (χ3n) is 4.57. The molecule has 8 heteroatoms. The zero-order chi connectivity index (χ0) is 19.8. The first-order valence-electron chi connectivity index (χ1n) is 9.60. The molecule has 1 fully saturated rings. The van der Waals surface area contributed by atoms with Gasteiger partial charge in [0, 0.05) is 43.5 Å². The molecule has 156 valence electrons. The number of benzene rings is 1. The molecule has 0 radical (unpaired) electrons. The number of nitrogens with one attached hydrogen (secondary N) is 2. The average molecular weight is 509 g/mol. The predicted molar refractivity (Wildman–Crippen MR) is 126 cm³/mol. The summed E-state index contributed by atoms with van der Waals surface area (Å²) in [6.07, 6.45) is 3.29. The maximum atomic E-state index is 11.9. The van der Waals surface area contributed by atoms with Crippen LogP contribution in [0.5, 0.6) is 5.88 Å². The first-order chi connectivity index (χ1) is 13.7. The summed E-state index contributed by atoms with van der Waals surface area (Å²) in [5.41, 5.74) is 3.02. The lowest BCUT2D eigenvalue weighted by molar-refractivity contribution is -0.117. The largest absolute Gasteiger partial charge is 0.481 e. The van der Waals surface area contributed by atoms with Crippen LogP contribution in [0.3, 0.4) is 0 Å². The first-order valence-corrected chi connectivity index (χ1v) is 9.60. The van der Waals surface area contributed by atoms with E-state index in [4.69, 9.17) is 4.74 Å². The van der Waals surface area contributed by atoms with Crippen molar-refractivity contribution in [2.45, 2.75) is 32.9 Å². The van der Waals surface area contributed by atoms with Gasteiger partial charge in [-0.3, -0.25) is 4.79 Å². The highest BCUT2D eigenvalue weighted by molar-refractivity contribution is 14.0. The van der Waals surface area contributed by atoms with Gasteiger partial charge in [-0.2, -0.15) is 0 Å². The van der Waals surface area contributed by atoms with Gasteiger partial charge in [-0.05, 0) is 37.1 Å². The predicted octanol–water partition coefficient (Wildman–Crippen LogP) is 3.09. The number of aromatic nitrogens is 1. The highest BCUT2D eigenvalue weighted by atomic mass is 127. The number of carbonyl (C=O) groups is 1. The van der Waals surface area contributed by atoms with E-state index in [0.717, 1.165) is 42.3 Å². The van der Waals surface area contributed by atoms with Crippen LogP contribution in [0, 0.1) is 0 Å². The van der Waals surface area contributed by atoms with Crippen molar-refractivity contribution in [2.24, 2.45) is 4.99 Å². The normalized spacial score (nSPS) is 13.8. The van der Waals surface area contributed by atoms with Gasteiger partial charge in [0.25, 0.3) is 0 Å². The Labute approximate surface area is 189 Å². The molecular formula is C21H28IN5O2. The molecule has 1 aliphatic heterocycles. The number of amides is 1. The van der Waals surface area contributed by atoms with E-state index in [9.17, 15) is 4.79 Å². The van der Waals surface area contributed by atoms with Gasteiger partial charge in [0.2, 0.25) is 11.8 Å². The topological polar surface area (TPSA) is 78.9 Å². The summed E-state index contributed by atoms with van der Waals surface area (Å²) in [6.45, 7) is 4.73. The van der Waals surface area contributed by atoms with Crippen molar-refractivity contribution in [3.05, 3.63) is 53.7 Å². The Kier molecular flexibility index (Phi) is 9.17. The van der Waals surface area contributed by atoms with Gasteiger partial charge in [-0.1, -0.05) is 18.2 Å². The number of nitrogens with zero attached hydrogens (tertiary/aromatic N) is 3. The Hall–Kier alpha value is -2.36. The number of rotatable bonds is 7. The van der Waals surface area contributed by atoms with Crippen LogP contribution >= 0.6 is 24.0 Å². The molecule has 3 rings (SSSR count). The smallest absolute Gasteiger partial charge is 0.227 e. The summed E-state index contributed by atoms with van der Waals surface area (Å²) in [5.74, 6) is 1.54. The number of hydrogen-bond acceptors (Lipinski definition) is 4. The van der Waals surface area contributed by atoms with Crippen LogP contribution in [0.2, 0.25) is 0 Å². The van der Waals surface area contributed by atoms with E-state index >= 15 is 0 Å². The number of ether oxygens (including phenoxy) is 1. The van der Waals surface area contributed by atoms with Crippen LogP contribution in [-0.2, 0) is 17.9 Å². The molecule has 1 aliphatic rings. The fourth-order valence-corrected chi connectivity index (χ4v) is 3.14. The minimum Gasteiger partial charge on any atom is -0.481 e. The fourth-order valence-electron chi connectivity index (χ4n) is 3.14. The number of carbonyl (C=O) groups excluding carboxylic acids is 1. The molecule has 0 bridgehead atoms. The van der Waals surface area contributed by atoms with Crippen molar-refractivity contribution >= 4 is 41.5 Å². The number of methoxy groups -OCH3 is 1. The maximum Gasteiger partial charge on any atom is 0.227 e. The second-order valence-electron chi connectivity index (χ2n) is 6.54. The molecule has 0 aliphatic carbocycles. The van der Waals surface area contributed by atoms with E-state index in [2.05, 4.69) is 20.6 Å². The molecule has 0 spiro atoms. The van der Waals surface area contributed by atoms with Gasteiger partial charge in [-0.15, -0.1) is 24.0 Å². The minimum atomic E-state index is 0. The lowest BCUT2D eigenvalue weighted by atomic mass is 10.2. The van der Waals surface area contributed by atoms with Gasteiger partial charge in [0.1, 0.15) is 0 Å². The molecular weight excluding hydrogens is 481 g/mol. The molecule has 29 heavy (non-hydrogen) atoms. The van der Waals surface area contributed by atoms with Crippen LogP contribution in [-0.4, -0.2) is 37.1 Å². The Morgan fingerprint density at radius 2 is 2.03 bits per heavy atom. The highest BCUT2D eigenvalue weighted by Crippen LogP contribution is 2.21. The van der Waals surface area contributed by atoms with Crippen molar-refractivity contribution in [3.63, 3.8) is 0 Å². The lowest BCUT2D eigenvalue weighted by Crippen LogP contribution is -2.36. The number of anilines is 1.